The number of thiophene rings is 1. The number of hydrogen-bond donors (Lipinski definition) is 0. The van der Waals surface area contributed by atoms with Crippen LogP contribution in [0.25, 0.3) is 97.4 Å². The highest BCUT2D eigenvalue weighted by Crippen LogP contribution is 2.53. The van der Waals surface area contributed by atoms with Crippen molar-refractivity contribution in [1.82, 2.24) is 0 Å². The van der Waals surface area contributed by atoms with Crippen molar-refractivity contribution in [1.29, 1.82) is 0 Å². The summed E-state index contributed by atoms with van der Waals surface area (Å²) in [5.74, 6) is 0. The van der Waals surface area contributed by atoms with Crippen LogP contribution in [0.2, 0.25) is 0 Å². The van der Waals surface area contributed by atoms with Crippen molar-refractivity contribution < 1.29 is 0 Å². The second kappa shape index (κ2) is 11.6. The highest BCUT2D eigenvalue weighted by molar-refractivity contribution is 7.25. The van der Waals surface area contributed by atoms with E-state index in [1.807, 2.05) is 11.3 Å². The van der Waals surface area contributed by atoms with E-state index in [4.69, 9.17) is 0 Å². The predicted octanol–water partition coefficient (Wildman–Crippen LogP) is 16.0. The van der Waals surface area contributed by atoms with Crippen LogP contribution in [0.4, 0.5) is 0 Å². The van der Waals surface area contributed by atoms with Crippen LogP contribution in [0.5, 0.6) is 0 Å². The van der Waals surface area contributed by atoms with Crippen molar-refractivity contribution in [2.24, 2.45) is 0 Å². The Balaban J connectivity index is 1.14. The summed E-state index contributed by atoms with van der Waals surface area (Å²) in [6.07, 6.45) is 0. The molecule has 0 N–H and O–H groups in total. The largest absolute Gasteiger partial charge is 0.135 e. The normalized spacial score (nSPS) is 14.6. The molecule has 0 atom stereocenters. The van der Waals surface area contributed by atoms with Gasteiger partial charge in [0.2, 0.25) is 0 Å². The minimum Gasteiger partial charge on any atom is -0.135 e. The summed E-state index contributed by atoms with van der Waals surface area (Å²) in [4.78, 5) is 0. The quantitative estimate of drug-likeness (QED) is 0.158. The topological polar surface area (TPSA) is 0 Å². The molecule has 2 aliphatic rings. The average molecular weight is 745 g/mol. The summed E-state index contributed by atoms with van der Waals surface area (Å²) in [7, 11) is 0. The molecule has 1 aromatic heterocycles. The molecule has 270 valence electrons. The van der Waals surface area contributed by atoms with Crippen LogP contribution in [0.3, 0.4) is 0 Å². The van der Waals surface area contributed by atoms with Crippen LogP contribution < -0.4 is 0 Å². The molecule has 0 nitrogen and oxygen atoms in total. The molecule has 9 aromatic carbocycles. The van der Waals surface area contributed by atoms with E-state index >= 15 is 0 Å². The first-order chi connectivity index (χ1) is 27.8. The van der Waals surface area contributed by atoms with Crippen LogP contribution >= 0.6 is 11.3 Å². The molecule has 0 unspecified atom stereocenters. The molecule has 0 saturated carbocycles. The summed E-state index contributed by atoms with van der Waals surface area (Å²) in [5, 5.41) is 7.79. The maximum absolute atomic E-state index is 2.50. The van der Waals surface area contributed by atoms with Crippen molar-refractivity contribution in [3.63, 3.8) is 0 Å². The van der Waals surface area contributed by atoms with E-state index in [0.717, 1.165) is 0 Å². The maximum Gasteiger partial charge on any atom is 0.0355 e. The van der Waals surface area contributed by atoms with Crippen LogP contribution in [-0.4, -0.2) is 0 Å². The number of hydrogen-bond acceptors (Lipinski definition) is 1. The predicted molar refractivity (Wildman–Crippen MR) is 246 cm³/mol. The van der Waals surface area contributed by atoms with Crippen molar-refractivity contribution >= 4 is 53.1 Å². The monoisotopic (exact) mass is 744 g/mol. The molecular formula is C56H40S. The Kier molecular flexibility index (Phi) is 6.72. The summed E-state index contributed by atoms with van der Waals surface area (Å²) < 4.78 is 2.66. The van der Waals surface area contributed by atoms with Gasteiger partial charge in [0.15, 0.2) is 0 Å². The Hall–Kier alpha value is -6.28. The first-order valence-corrected chi connectivity index (χ1v) is 21.0. The summed E-state index contributed by atoms with van der Waals surface area (Å²) >= 11 is 1.88. The van der Waals surface area contributed by atoms with Gasteiger partial charge in [0.1, 0.15) is 0 Å². The lowest BCUT2D eigenvalue weighted by molar-refractivity contribution is 0.660. The van der Waals surface area contributed by atoms with Gasteiger partial charge in [0.25, 0.3) is 0 Å². The van der Waals surface area contributed by atoms with Gasteiger partial charge in [-0.3, -0.25) is 0 Å². The molecule has 10 aromatic rings. The fourth-order valence-corrected chi connectivity index (χ4v) is 11.7. The molecule has 12 rings (SSSR count). The third kappa shape index (κ3) is 4.55. The van der Waals surface area contributed by atoms with E-state index in [1.165, 1.54) is 120 Å². The number of rotatable bonds is 3. The summed E-state index contributed by atoms with van der Waals surface area (Å²) in [5.41, 5.74) is 18.5. The molecule has 0 bridgehead atoms. The number of fused-ring (bicyclic) bond motifs is 11. The van der Waals surface area contributed by atoms with Gasteiger partial charge < -0.3 is 0 Å². The highest BCUT2D eigenvalue weighted by Gasteiger charge is 2.37. The van der Waals surface area contributed by atoms with E-state index in [9.17, 15) is 0 Å². The van der Waals surface area contributed by atoms with Gasteiger partial charge in [-0.05, 0) is 136 Å². The zero-order valence-electron chi connectivity index (χ0n) is 32.6. The molecule has 0 fully saturated rings. The molecule has 0 radical (unpaired) electrons. The molecule has 0 amide bonds. The molecule has 0 aliphatic heterocycles. The van der Waals surface area contributed by atoms with Crippen LogP contribution in [0, 0.1) is 0 Å². The lowest BCUT2D eigenvalue weighted by Gasteiger charge is -2.23. The Bertz CT molecular complexity index is 3350. The molecule has 2 aliphatic carbocycles. The van der Waals surface area contributed by atoms with Gasteiger partial charge in [-0.2, -0.15) is 0 Å². The fraction of sp³-hybridized carbons (Fsp3) is 0.107. The van der Waals surface area contributed by atoms with Gasteiger partial charge in [0, 0.05) is 31.0 Å². The Morgan fingerprint density at radius 1 is 0.298 bits per heavy atom. The Labute approximate surface area is 337 Å². The molecule has 0 spiro atoms. The Morgan fingerprint density at radius 3 is 1.40 bits per heavy atom. The van der Waals surface area contributed by atoms with Gasteiger partial charge in [-0.25, -0.2) is 0 Å². The van der Waals surface area contributed by atoms with Crippen molar-refractivity contribution in [2.45, 2.75) is 38.5 Å². The third-order valence-corrected chi connectivity index (χ3v) is 14.6. The van der Waals surface area contributed by atoms with Crippen LogP contribution in [-0.2, 0) is 10.8 Å². The zero-order chi connectivity index (χ0) is 38.2. The van der Waals surface area contributed by atoms with E-state index in [-0.39, 0.29) is 10.8 Å². The fourth-order valence-electron chi connectivity index (χ4n) is 10.6. The average Bonchev–Trinajstić information content (AvgIpc) is 3.81. The molecule has 57 heavy (non-hydrogen) atoms. The second-order valence-electron chi connectivity index (χ2n) is 17.2. The molecular weight excluding hydrogens is 705 g/mol. The van der Waals surface area contributed by atoms with E-state index < -0.39 is 0 Å². The van der Waals surface area contributed by atoms with E-state index in [2.05, 4.69) is 198 Å². The SMILES string of the molecule is CC1(C)c2ccccc2-c2ccc(-c3ccc4c(-c5ccc6sc7ccccc7c6c5)c5ccccc5c(-c5ccc6c(c5)C(C)(C)c5ccccc5-6)c4c3)cc21. The minimum atomic E-state index is -0.0911. The molecule has 1 heterocycles. The highest BCUT2D eigenvalue weighted by atomic mass is 32.1. The van der Waals surface area contributed by atoms with Gasteiger partial charge in [-0.1, -0.05) is 161 Å². The maximum atomic E-state index is 2.50. The summed E-state index contributed by atoms with van der Waals surface area (Å²) in [6, 6.07) is 64.6. The van der Waals surface area contributed by atoms with E-state index in [0.29, 0.717) is 0 Å². The minimum absolute atomic E-state index is 0.0629. The number of benzene rings is 9. The van der Waals surface area contributed by atoms with Gasteiger partial charge in [0.05, 0.1) is 0 Å². The van der Waals surface area contributed by atoms with Crippen molar-refractivity contribution in [2.75, 3.05) is 0 Å². The third-order valence-electron chi connectivity index (χ3n) is 13.5. The van der Waals surface area contributed by atoms with E-state index in [1.54, 1.807) is 0 Å². The van der Waals surface area contributed by atoms with Gasteiger partial charge in [-0.15, -0.1) is 11.3 Å². The first-order valence-electron chi connectivity index (χ1n) is 20.2. The molecule has 1 heteroatoms. The lowest BCUT2D eigenvalue weighted by atomic mass is 9.80. The van der Waals surface area contributed by atoms with Crippen molar-refractivity contribution in [3.8, 4) is 55.6 Å². The smallest absolute Gasteiger partial charge is 0.0355 e. The van der Waals surface area contributed by atoms with Gasteiger partial charge >= 0.3 is 0 Å². The molecule has 0 saturated heterocycles. The Morgan fingerprint density at radius 2 is 0.719 bits per heavy atom. The standard InChI is InChI=1S/C56H40S/c1-55(2)47-18-10-7-13-37(47)39-25-21-34(31-49(39)55)33-22-27-44-46(29-33)54(36-23-26-40-38-14-8-11-19-48(38)56(3,4)50(40)32-36)43-17-6-5-16-42(43)53(44)35-24-28-52-45(30-35)41-15-9-12-20-51(41)57-52/h5-32H,1-4H3. The second-order valence-corrected chi connectivity index (χ2v) is 18.3. The lowest BCUT2D eigenvalue weighted by Crippen LogP contribution is -2.14. The van der Waals surface area contributed by atoms with Crippen LogP contribution in [0.15, 0.2) is 170 Å². The summed E-state index contributed by atoms with van der Waals surface area (Å²) in [6.45, 7) is 9.52. The first kappa shape index (κ1) is 32.9. The van der Waals surface area contributed by atoms with Crippen LogP contribution in [0.1, 0.15) is 49.9 Å². The zero-order valence-corrected chi connectivity index (χ0v) is 33.4. The van der Waals surface area contributed by atoms with Crippen molar-refractivity contribution in [3.05, 3.63) is 192 Å².